The second-order valence-corrected chi connectivity index (χ2v) is 5.60. The molecule has 80 valence electrons. The first kappa shape index (κ1) is 10.3. The van der Waals surface area contributed by atoms with Crippen molar-refractivity contribution in [2.24, 2.45) is 10.9 Å². The number of rotatable bonds is 4. The van der Waals surface area contributed by atoms with Crippen molar-refractivity contribution in [3.05, 3.63) is 0 Å². The normalized spacial score (nSPS) is 26.8. The Balaban J connectivity index is 1.62. The molecule has 0 aromatic rings. The highest BCUT2D eigenvalue weighted by molar-refractivity contribution is 8.14. The molecule has 2 rings (SSSR count). The largest absolute Gasteiger partial charge is 0.364 e. The van der Waals surface area contributed by atoms with Crippen molar-refractivity contribution in [3.8, 4) is 0 Å². The first-order valence-corrected chi connectivity index (χ1v) is 6.23. The average Bonchev–Trinajstić information content (AvgIpc) is 2.87. The van der Waals surface area contributed by atoms with Crippen molar-refractivity contribution in [2.45, 2.75) is 18.1 Å². The minimum absolute atomic E-state index is 0.789. The highest BCUT2D eigenvalue weighted by atomic mass is 32.2. The number of nitrogens with one attached hydrogen (secondary N) is 1. The number of aliphatic imine (C=N–C) groups is 1. The third kappa shape index (κ3) is 2.89. The van der Waals surface area contributed by atoms with Gasteiger partial charge in [0.05, 0.1) is 6.54 Å². The summed E-state index contributed by atoms with van der Waals surface area (Å²) in [6.07, 6.45) is 2.86. The summed E-state index contributed by atoms with van der Waals surface area (Å²) in [4.78, 5) is 6.71. The molecule has 2 aliphatic rings. The quantitative estimate of drug-likeness (QED) is 0.755. The molecule has 1 aliphatic heterocycles. The van der Waals surface area contributed by atoms with Crippen LogP contribution in [0.15, 0.2) is 4.99 Å². The van der Waals surface area contributed by atoms with E-state index in [1.165, 1.54) is 18.0 Å². The molecule has 1 fully saturated rings. The van der Waals surface area contributed by atoms with Crippen LogP contribution in [-0.4, -0.2) is 49.0 Å². The van der Waals surface area contributed by atoms with E-state index in [1.807, 2.05) is 11.8 Å². The lowest BCUT2D eigenvalue weighted by Crippen LogP contribution is -2.29. The van der Waals surface area contributed by atoms with Gasteiger partial charge in [0.2, 0.25) is 0 Å². The van der Waals surface area contributed by atoms with E-state index >= 15 is 0 Å². The Bertz CT molecular complexity index is 223. The molecule has 0 saturated heterocycles. The molecule has 1 N–H and O–H groups in total. The first-order chi connectivity index (χ1) is 6.75. The summed E-state index contributed by atoms with van der Waals surface area (Å²) in [5.74, 6) is 0.969. The van der Waals surface area contributed by atoms with Crippen molar-refractivity contribution >= 4 is 16.9 Å². The monoisotopic (exact) mass is 213 g/mol. The van der Waals surface area contributed by atoms with Crippen LogP contribution >= 0.6 is 11.8 Å². The summed E-state index contributed by atoms with van der Waals surface area (Å²) in [5, 5.41) is 5.36. The van der Waals surface area contributed by atoms with E-state index in [1.54, 1.807) is 0 Å². The summed E-state index contributed by atoms with van der Waals surface area (Å²) < 4.78 is 0. The van der Waals surface area contributed by atoms with Crippen molar-refractivity contribution in [1.29, 1.82) is 0 Å². The van der Waals surface area contributed by atoms with E-state index in [2.05, 4.69) is 29.3 Å². The number of thioether (sulfide) groups is 1. The molecular weight excluding hydrogens is 194 g/mol. The van der Waals surface area contributed by atoms with Gasteiger partial charge in [-0.3, -0.25) is 4.99 Å². The highest BCUT2D eigenvalue weighted by Gasteiger charge is 2.35. The Morgan fingerprint density at radius 2 is 2.29 bits per heavy atom. The fourth-order valence-corrected chi connectivity index (χ4v) is 2.82. The maximum Gasteiger partial charge on any atom is 0.156 e. The van der Waals surface area contributed by atoms with E-state index in [4.69, 9.17) is 0 Å². The molecule has 1 unspecified atom stereocenters. The van der Waals surface area contributed by atoms with Crippen LogP contribution in [0.2, 0.25) is 0 Å². The van der Waals surface area contributed by atoms with E-state index in [0.717, 1.165) is 30.8 Å². The van der Waals surface area contributed by atoms with Gasteiger partial charge >= 0.3 is 0 Å². The second kappa shape index (κ2) is 4.53. The molecule has 0 spiro atoms. The SMILES string of the molecule is CN(C)CCNC1=NCC(C2CC2)S1. The van der Waals surface area contributed by atoms with Gasteiger partial charge < -0.3 is 10.2 Å². The van der Waals surface area contributed by atoms with Gasteiger partial charge in [0.1, 0.15) is 0 Å². The maximum atomic E-state index is 4.53. The Morgan fingerprint density at radius 3 is 2.93 bits per heavy atom. The zero-order chi connectivity index (χ0) is 9.97. The van der Waals surface area contributed by atoms with Gasteiger partial charge in [0, 0.05) is 18.3 Å². The summed E-state index contributed by atoms with van der Waals surface area (Å²) in [6.45, 7) is 3.13. The number of hydrogen-bond donors (Lipinski definition) is 1. The molecule has 14 heavy (non-hydrogen) atoms. The van der Waals surface area contributed by atoms with Gasteiger partial charge in [0.25, 0.3) is 0 Å². The Kier molecular flexibility index (Phi) is 3.34. The van der Waals surface area contributed by atoms with Crippen molar-refractivity contribution < 1.29 is 0 Å². The van der Waals surface area contributed by atoms with E-state index < -0.39 is 0 Å². The van der Waals surface area contributed by atoms with Crippen LogP contribution in [-0.2, 0) is 0 Å². The molecule has 1 heterocycles. The molecule has 1 saturated carbocycles. The van der Waals surface area contributed by atoms with Crippen LogP contribution < -0.4 is 5.32 Å². The minimum Gasteiger partial charge on any atom is -0.364 e. The summed E-state index contributed by atoms with van der Waals surface area (Å²) >= 11 is 1.95. The zero-order valence-corrected chi connectivity index (χ0v) is 9.81. The lowest BCUT2D eigenvalue weighted by atomic mass is 10.3. The molecule has 0 aromatic heterocycles. The molecule has 0 amide bonds. The molecule has 0 bridgehead atoms. The van der Waals surface area contributed by atoms with Crippen LogP contribution in [0.5, 0.6) is 0 Å². The second-order valence-electron chi connectivity index (χ2n) is 4.37. The predicted molar refractivity (Wildman–Crippen MR) is 63.0 cm³/mol. The Labute approximate surface area is 90.3 Å². The van der Waals surface area contributed by atoms with Crippen LogP contribution in [0.1, 0.15) is 12.8 Å². The highest BCUT2D eigenvalue weighted by Crippen LogP contribution is 2.41. The smallest absolute Gasteiger partial charge is 0.156 e. The molecule has 3 nitrogen and oxygen atoms in total. The fraction of sp³-hybridized carbons (Fsp3) is 0.900. The standard InChI is InChI=1S/C10H19N3S/c1-13(2)6-5-11-10-12-7-9(14-10)8-3-4-8/h8-9H,3-7H2,1-2H3,(H,11,12). The Morgan fingerprint density at radius 1 is 1.50 bits per heavy atom. The summed E-state index contributed by atoms with van der Waals surface area (Å²) in [5.41, 5.74) is 0. The fourth-order valence-electron chi connectivity index (χ4n) is 1.59. The lowest BCUT2D eigenvalue weighted by Gasteiger charge is -2.11. The van der Waals surface area contributed by atoms with E-state index in [0.29, 0.717) is 0 Å². The number of nitrogens with zero attached hydrogens (tertiary/aromatic N) is 2. The maximum absolute atomic E-state index is 4.53. The van der Waals surface area contributed by atoms with Crippen molar-refractivity contribution in [2.75, 3.05) is 33.7 Å². The Hall–Kier alpha value is -0.220. The molecular formula is C10H19N3S. The third-order valence-corrected chi connectivity index (χ3v) is 3.99. The molecule has 0 aromatic carbocycles. The topological polar surface area (TPSA) is 27.6 Å². The van der Waals surface area contributed by atoms with Crippen molar-refractivity contribution in [3.63, 3.8) is 0 Å². The van der Waals surface area contributed by atoms with Gasteiger partial charge in [-0.1, -0.05) is 11.8 Å². The number of amidine groups is 1. The third-order valence-electron chi connectivity index (χ3n) is 2.66. The lowest BCUT2D eigenvalue weighted by molar-refractivity contribution is 0.413. The van der Waals surface area contributed by atoms with Crippen molar-refractivity contribution in [1.82, 2.24) is 10.2 Å². The van der Waals surface area contributed by atoms with Crippen LogP contribution in [0.4, 0.5) is 0 Å². The number of likely N-dealkylation sites (N-methyl/N-ethyl adjacent to an activating group) is 1. The molecule has 1 atom stereocenters. The summed E-state index contributed by atoms with van der Waals surface area (Å²) in [7, 11) is 4.19. The predicted octanol–water partition coefficient (Wildman–Crippen LogP) is 1.02. The van der Waals surface area contributed by atoms with Crippen LogP contribution in [0.25, 0.3) is 0 Å². The molecule has 0 radical (unpaired) electrons. The average molecular weight is 213 g/mol. The van der Waals surface area contributed by atoms with Gasteiger partial charge in [-0.2, -0.15) is 0 Å². The van der Waals surface area contributed by atoms with Gasteiger partial charge in [-0.05, 0) is 32.9 Å². The van der Waals surface area contributed by atoms with Crippen LogP contribution in [0.3, 0.4) is 0 Å². The summed E-state index contributed by atoms with van der Waals surface area (Å²) in [6, 6.07) is 0. The van der Waals surface area contributed by atoms with Gasteiger partial charge in [0.15, 0.2) is 5.17 Å². The van der Waals surface area contributed by atoms with Gasteiger partial charge in [-0.25, -0.2) is 0 Å². The van der Waals surface area contributed by atoms with Crippen LogP contribution in [0, 0.1) is 5.92 Å². The minimum atomic E-state index is 0.789. The zero-order valence-electron chi connectivity index (χ0n) is 8.99. The number of hydrogen-bond acceptors (Lipinski definition) is 4. The van der Waals surface area contributed by atoms with E-state index in [9.17, 15) is 0 Å². The first-order valence-electron chi connectivity index (χ1n) is 5.35. The molecule has 1 aliphatic carbocycles. The van der Waals surface area contributed by atoms with Gasteiger partial charge in [-0.15, -0.1) is 0 Å². The van der Waals surface area contributed by atoms with E-state index in [-0.39, 0.29) is 0 Å². The molecule has 4 heteroatoms.